The molecule has 1 aromatic rings. The van der Waals surface area contributed by atoms with Crippen molar-refractivity contribution in [3.63, 3.8) is 0 Å². The number of anilines is 1. The Hall–Kier alpha value is -0.803. The van der Waals surface area contributed by atoms with Crippen molar-refractivity contribution in [2.75, 3.05) is 5.43 Å². The Kier molecular flexibility index (Phi) is 2.89. The summed E-state index contributed by atoms with van der Waals surface area (Å²) in [7, 11) is -1.20. The van der Waals surface area contributed by atoms with Crippen LogP contribution in [-0.2, 0) is 0 Å². The largest absolute Gasteiger partial charge is 0.328 e. The monoisotopic (exact) mass is 180 g/mol. The first-order valence-corrected chi connectivity index (χ1v) is 7.66. The summed E-state index contributed by atoms with van der Waals surface area (Å²) in [6, 6.07) is 10.2. The number of nitrogens with one attached hydrogen (secondary N) is 2. The van der Waals surface area contributed by atoms with Gasteiger partial charge in [0.05, 0.1) is 0 Å². The van der Waals surface area contributed by atoms with Crippen LogP contribution in [0.25, 0.3) is 0 Å². The van der Waals surface area contributed by atoms with Crippen LogP contribution in [0.1, 0.15) is 0 Å². The lowest BCUT2D eigenvalue weighted by Gasteiger charge is -2.19. The molecule has 12 heavy (non-hydrogen) atoms. The van der Waals surface area contributed by atoms with E-state index in [9.17, 15) is 0 Å². The molecule has 3 heteroatoms. The molecule has 0 fully saturated rings. The Labute approximate surface area is 75.1 Å². The molecule has 0 spiro atoms. The molecule has 0 heterocycles. The third-order valence-electron chi connectivity index (χ3n) is 1.36. The zero-order chi connectivity index (χ0) is 9.03. The fraction of sp³-hybridized carbons (Fsp3) is 0.333. The molecule has 0 aliphatic rings. The average molecular weight is 180 g/mol. The van der Waals surface area contributed by atoms with Crippen molar-refractivity contribution >= 4 is 13.9 Å². The van der Waals surface area contributed by atoms with Crippen LogP contribution in [-0.4, -0.2) is 8.24 Å². The van der Waals surface area contributed by atoms with Crippen LogP contribution in [0, 0.1) is 0 Å². The lowest BCUT2D eigenvalue weighted by atomic mass is 10.3. The SMILES string of the molecule is C[Si](C)(C)NNc1ccccc1. The molecule has 0 unspecified atom stereocenters. The van der Waals surface area contributed by atoms with Crippen molar-refractivity contribution in [3.05, 3.63) is 30.3 Å². The average Bonchev–Trinajstić information content (AvgIpc) is 2.02. The maximum absolute atomic E-state index is 3.33. The second-order valence-corrected chi connectivity index (χ2v) is 8.62. The number of hydrogen-bond donors (Lipinski definition) is 2. The van der Waals surface area contributed by atoms with Gasteiger partial charge in [0, 0.05) is 5.69 Å². The molecule has 0 saturated carbocycles. The van der Waals surface area contributed by atoms with E-state index in [0.717, 1.165) is 5.69 Å². The predicted octanol–water partition coefficient (Wildman–Crippen LogP) is 2.44. The van der Waals surface area contributed by atoms with Gasteiger partial charge in [-0.05, 0) is 12.1 Å². The first kappa shape index (κ1) is 9.29. The molecule has 0 radical (unpaired) electrons. The highest BCUT2D eigenvalue weighted by molar-refractivity contribution is 6.73. The standard InChI is InChI=1S/C9H16N2Si/c1-12(2,3)11-10-9-7-5-4-6-8-9/h4-8,10-11H,1-3H3. The fourth-order valence-electron chi connectivity index (χ4n) is 0.781. The fourth-order valence-corrected chi connectivity index (χ4v) is 1.30. The molecular formula is C9H16N2Si. The first-order valence-electron chi connectivity index (χ1n) is 4.16. The van der Waals surface area contributed by atoms with Crippen LogP contribution in [0.3, 0.4) is 0 Å². The van der Waals surface area contributed by atoms with Gasteiger partial charge in [0.15, 0.2) is 0 Å². The Morgan fingerprint density at radius 2 is 1.58 bits per heavy atom. The Balaban J connectivity index is 2.44. The predicted molar refractivity (Wildman–Crippen MR) is 56.5 cm³/mol. The van der Waals surface area contributed by atoms with Gasteiger partial charge in [-0.25, -0.2) is 0 Å². The topological polar surface area (TPSA) is 24.1 Å². The molecule has 2 N–H and O–H groups in total. The van der Waals surface area contributed by atoms with Crippen molar-refractivity contribution in [2.45, 2.75) is 19.6 Å². The summed E-state index contributed by atoms with van der Waals surface area (Å²) < 4.78 is 0. The van der Waals surface area contributed by atoms with Gasteiger partial charge >= 0.3 is 0 Å². The van der Waals surface area contributed by atoms with Crippen molar-refractivity contribution in [1.29, 1.82) is 0 Å². The molecule has 1 rings (SSSR count). The van der Waals surface area contributed by atoms with Crippen molar-refractivity contribution in [1.82, 2.24) is 5.09 Å². The highest BCUT2D eigenvalue weighted by atomic mass is 28.3. The van der Waals surface area contributed by atoms with Gasteiger partial charge in [0.2, 0.25) is 0 Å². The summed E-state index contributed by atoms with van der Waals surface area (Å²) >= 11 is 0. The van der Waals surface area contributed by atoms with E-state index in [4.69, 9.17) is 0 Å². The molecule has 0 aliphatic heterocycles. The van der Waals surface area contributed by atoms with Gasteiger partial charge in [-0.15, -0.1) is 0 Å². The van der Waals surface area contributed by atoms with E-state index in [1.54, 1.807) is 0 Å². The minimum atomic E-state index is -1.20. The maximum Gasteiger partial charge on any atom is 0.139 e. The minimum absolute atomic E-state index is 1.12. The number of hydrazine groups is 1. The van der Waals surface area contributed by atoms with Gasteiger partial charge in [-0.1, -0.05) is 37.8 Å². The molecule has 0 atom stereocenters. The zero-order valence-electron chi connectivity index (χ0n) is 7.89. The highest BCUT2D eigenvalue weighted by Crippen LogP contribution is 2.04. The van der Waals surface area contributed by atoms with Crippen LogP contribution in [0.15, 0.2) is 30.3 Å². The van der Waals surface area contributed by atoms with Crippen molar-refractivity contribution in [2.24, 2.45) is 0 Å². The first-order chi connectivity index (χ1) is 5.58. The molecule has 2 nitrogen and oxygen atoms in total. The molecule has 0 aliphatic carbocycles. The summed E-state index contributed by atoms with van der Waals surface area (Å²) in [5, 5.41) is 3.33. The summed E-state index contributed by atoms with van der Waals surface area (Å²) in [5.41, 5.74) is 4.32. The Morgan fingerprint density at radius 3 is 2.08 bits per heavy atom. The van der Waals surface area contributed by atoms with E-state index >= 15 is 0 Å². The van der Waals surface area contributed by atoms with Crippen LogP contribution < -0.4 is 10.5 Å². The Morgan fingerprint density at radius 1 is 1.00 bits per heavy atom. The van der Waals surface area contributed by atoms with Gasteiger partial charge in [-0.3, -0.25) is 5.09 Å². The van der Waals surface area contributed by atoms with Crippen LogP contribution in [0.4, 0.5) is 5.69 Å². The second kappa shape index (κ2) is 3.73. The van der Waals surface area contributed by atoms with Crippen LogP contribution >= 0.6 is 0 Å². The highest BCUT2D eigenvalue weighted by Gasteiger charge is 2.11. The summed E-state index contributed by atoms with van der Waals surface area (Å²) in [6.07, 6.45) is 0. The maximum atomic E-state index is 3.33. The third kappa shape index (κ3) is 3.55. The van der Waals surface area contributed by atoms with E-state index in [0.29, 0.717) is 0 Å². The normalized spacial score (nSPS) is 11.2. The van der Waals surface area contributed by atoms with Gasteiger partial charge in [-0.2, -0.15) is 0 Å². The number of para-hydroxylation sites is 1. The molecule has 0 aromatic heterocycles. The number of hydrogen-bond acceptors (Lipinski definition) is 2. The lowest BCUT2D eigenvalue weighted by molar-refractivity contribution is 1.11. The minimum Gasteiger partial charge on any atom is -0.328 e. The van der Waals surface area contributed by atoms with Crippen molar-refractivity contribution in [3.8, 4) is 0 Å². The molecule has 0 bridgehead atoms. The zero-order valence-corrected chi connectivity index (χ0v) is 8.89. The van der Waals surface area contributed by atoms with Crippen LogP contribution in [0.5, 0.6) is 0 Å². The lowest BCUT2D eigenvalue weighted by Crippen LogP contribution is -2.44. The smallest absolute Gasteiger partial charge is 0.139 e. The summed E-state index contributed by atoms with van der Waals surface area (Å²) in [5.74, 6) is 0. The van der Waals surface area contributed by atoms with Gasteiger partial charge < -0.3 is 5.43 Å². The molecule has 66 valence electrons. The molecular weight excluding hydrogens is 164 g/mol. The number of rotatable bonds is 3. The van der Waals surface area contributed by atoms with E-state index < -0.39 is 8.24 Å². The second-order valence-electron chi connectivity index (χ2n) is 3.87. The van der Waals surface area contributed by atoms with E-state index in [1.807, 2.05) is 30.3 Å². The molecule has 0 amide bonds. The molecule has 0 saturated heterocycles. The summed E-state index contributed by atoms with van der Waals surface area (Å²) in [6.45, 7) is 6.76. The molecule has 1 aromatic carbocycles. The van der Waals surface area contributed by atoms with Gasteiger partial charge in [0.25, 0.3) is 0 Å². The van der Waals surface area contributed by atoms with Crippen LogP contribution in [0.2, 0.25) is 19.6 Å². The van der Waals surface area contributed by atoms with E-state index in [-0.39, 0.29) is 0 Å². The van der Waals surface area contributed by atoms with E-state index in [2.05, 4.69) is 30.2 Å². The summed E-state index contributed by atoms with van der Waals surface area (Å²) in [4.78, 5) is 0. The van der Waals surface area contributed by atoms with Gasteiger partial charge in [0.1, 0.15) is 8.24 Å². The number of benzene rings is 1. The third-order valence-corrected chi connectivity index (χ3v) is 2.23. The van der Waals surface area contributed by atoms with E-state index in [1.165, 1.54) is 0 Å². The van der Waals surface area contributed by atoms with Crippen molar-refractivity contribution < 1.29 is 0 Å². The Bertz CT molecular complexity index is 228. The quantitative estimate of drug-likeness (QED) is 0.551.